The van der Waals surface area contributed by atoms with Crippen LogP contribution in [0.5, 0.6) is 0 Å². The largest absolute Gasteiger partial charge is 0.464 e. The third-order valence-electron chi connectivity index (χ3n) is 4.56. The molecule has 3 rings (SSSR count). The molecule has 21 heavy (non-hydrogen) atoms. The van der Waals surface area contributed by atoms with Gasteiger partial charge in [-0.05, 0) is 42.9 Å². The van der Waals surface area contributed by atoms with Crippen LogP contribution < -0.4 is 5.32 Å². The fraction of sp³-hybridized carbons (Fsp3) is 0.500. The van der Waals surface area contributed by atoms with Crippen molar-refractivity contribution in [1.29, 1.82) is 0 Å². The van der Waals surface area contributed by atoms with E-state index in [9.17, 15) is 4.79 Å². The van der Waals surface area contributed by atoms with Crippen molar-refractivity contribution >= 4 is 16.9 Å². The molecule has 3 nitrogen and oxygen atoms in total. The van der Waals surface area contributed by atoms with Crippen molar-refractivity contribution in [2.45, 2.75) is 51.9 Å². The van der Waals surface area contributed by atoms with Gasteiger partial charge in [-0.15, -0.1) is 0 Å². The second-order valence-corrected chi connectivity index (χ2v) is 5.91. The Hall–Kier alpha value is -1.77. The first-order valence-corrected chi connectivity index (χ1v) is 8.03. The minimum atomic E-state index is 0.158. The highest BCUT2D eigenvalue weighted by Gasteiger charge is 2.25. The van der Waals surface area contributed by atoms with Gasteiger partial charge < -0.3 is 9.73 Å². The fourth-order valence-corrected chi connectivity index (χ4v) is 3.43. The van der Waals surface area contributed by atoms with Crippen molar-refractivity contribution in [2.75, 3.05) is 6.54 Å². The molecule has 112 valence electrons. The molecule has 3 heteroatoms. The third kappa shape index (κ3) is 2.57. The van der Waals surface area contributed by atoms with Gasteiger partial charge in [0.15, 0.2) is 0 Å². The van der Waals surface area contributed by atoms with Gasteiger partial charge in [0.25, 0.3) is 0 Å². The molecule has 1 heterocycles. The Morgan fingerprint density at radius 3 is 3.00 bits per heavy atom. The summed E-state index contributed by atoms with van der Waals surface area (Å²) >= 11 is 0. The number of carbonyl (C=O) groups excluding carboxylic acids is 1. The van der Waals surface area contributed by atoms with E-state index in [1.165, 1.54) is 22.1 Å². The van der Waals surface area contributed by atoms with Crippen LogP contribution in [0.1, 0.15) is 55.7 Å². The second-order valence-electron chi connectivity index (χ2n) is 5.91. The summed E-state index contributed by atoms with van der Waals surface area (Å²) in [6.07, 6.45) is 6.64. The Kier molecular flexibility index (Phi) is 4.00. The maximum atomic E-state index is 11.7. The van der Waals surface area contributed by atoms with E-state index in [1.807, 2.05) is 13.2 Å². The molecule has 1 unspecified atom stereocenters. The first-order valence-electron chi connectivity index (χ1n) is 8.03. The second kappa shape index (κ2) is 5.92. The first kappa shape index (κ1) is 14.2. The van der Waals surface area contributed by atoms with Gasteiger partial charge >= 0.3 is 0 Å². The summed E-state index contributed by atoms with van der Waals surface area (Å²) in [5.74, 6) is 0.539. The Balaban J connectivity index is 1.86. The van der Waals surface area contributed by atoms with Crippen LogP contribution in [-0.2, 0) is 17.6 Å². The number of nitrogens with one attached hydrogen (secondary N) is 1. The lowest BCUT2D eigenvalue weighted by Gasteiger charge is -2.23. The molecular weight excluding hydrogens is 262 g/mol. The maximum Gasteiger partial charge on any atom is 0.220 e. The van der Waals surface area contributed by atoms with Crippen LogP contribution in [0.3, 0.4) is 0 Å². The summed E-state index contributed by atoms with van der Waals surface area (Å²) < 4.78 is 5.73. The summed E-state index contributed by atoms with van der Waals surface area (Å²) in [7, 11) is 0. The van der Waals surface area contributed by atoms with Crippen molar-refractivity contribution in [3.8, 4) is 0 Å². The van der Waals surface area contributed by atoms with Crippen LogP contribution in [0.2, 0.25) is 0 Å². The molecule has 0 radical (unpaired) electrons. The molecule has 1 aliphatic carbocycles. The van der Waals surface area contributed by atoms with Gasteiger partial charge in [0.1, 0.15) is 5.58 Å². The first-order chi connectivity index (χ1) is 10.2. The summed E-state index contributed by atoms with van der Waals surface area (Å²) in [6, 6.07) is 4.27. The smallest absolute Gasteiger partial charge is 0.220 e. The van der Waals surface area contributed by atoms with E-state index in [0.717, 1.165) is 37.8 Å². The number of benzene rings is 1. The highest BCUT2D eigenvalue weighted by molar-refractivity contribution is 5.87. The van der Waals surface area contributed by atoms with Crippen molar-refractivity contribution < 1.29 is 9.21 Å². The van der Waals surface area contributed by atoms with Gasteiger partial charge in [-0.1, -0.05) is 19.9 Å². The molecule has 1 aromatic carbocycles. The quantitative estimate of drug-likeness (QED) is 0.904. The minimum absolute atomic E-state index is 0.158. The van der Waals surface area contributed by atoms with Crippen LogP contribution in [0.15, 0.2) is 22.8 Å². The topological polar surface area (TPSA) is 42.2 Å². The van der Waals surface area contributed by atoms with E-state index < -0.39 is 0 Å². The van der Waals surface area contributed by atoms with Crippen LogP contribution >= 0.6 is 0 Å². The molecule has 1 amide bonds. The molecule has 1 aromatic heterocycles. The predicted octanol–water partition coefficient (Wildman–Crippen LogP) is 3.94. The molecule has 0 aliphatic heterocycles. The van der Waals surface area contributed by atoms with E-state index in [2.05, 4.69) is 24.4 Å². The summed E-state index contributed by atoms with van der Waals surface area (Å²) in [6.45, 7) is 4.96. The van der Waals surface area contributed by atoms with Crippen molar-refractivity contribution in [3.05, 3.63) is 35.1 Å². The molecule has 2 aromatic rings. The average Bonchev–Trinajstić information content (AvgIpc) is 2.93. The predicted molar refractivity (Wildman–Crippen MR) is 84.6 cm³/mol. The maximum absolute atomic E-state index is 11.7. The molecule has 1 atom stereocenters. The number of carbonyl (C=O) groups is 1. The lowest BCUT2D eigenvalue weighted by Crippen LogP contribution is -2.29. The lowest BCUT2D eigenvalue weighted by atomic mass is 9.82. The van der Waals surface area contributed by atoms with Crippen LogP contribution in [0.4, 0.5) is 0 Å². The SMILES string of the molecule is CCCC(=O)NCC1CCc2c(CC)ccc3occ1c23. The highest BCUT2D eigenvalue weighted by Crippen LogP contribution is 2.39. The van der Waals surface area contributed by atoms with Gasteiger partial charge in [0, 0.05) is 29.8 Å². The molecule has 0 saturated heterocycles. The van der Waals surface area contributed by atoms with E-state index in [-0.39, 0.29) is 5.91 Å². The molecule has 0 bridgehead atoms. The molecule has 0 spiro atoms. The van der Waals surface area contributed by atoms with Crippen molar-refractivity contribution in [1.82, 2.24) is 5.32 Å². The standard InChI is InChI=1S/C18H23NO2/c1-3-5-17(20)19-10-13-6-8-14-12(4-2)7-9-16-18(14)15(13)11-21-16/h7,9,11,13H,3-6,8,10H2,1-2H3,(H,19,20). The van der Waals surface area contributed by atoms with Crippen LogP contribution in [0, 0.1) is 0 Å². The lowest BCUT2D eigenvalue weighted by molar-refractivity contribution is -0.121. The Morgan fingerprint density at radius 1 is 1.38 bits per heavy atom. The zero-order valence-electron chi connectivity index (χ0n) is 12.9. The number of amides is 1. The van der Waals surface area contributed by atoms with E-state index >= 15 is 0 Å². The van der Waals surface area contributed by atoms with E-state index in [0.29, 0.717) is 12.3 Å². The minimum Gasteiger partial charge on any atom is -0.464 e. The monoisotopic (exact) mass is 285 g/mol. The zero-order chi connectivity index (χ0) is 14.8. The van der Waals surface area contributed by atoms with Crippen molar-refractivity contribution in [2.24, 2.45) is 0 Å². The molecular formula is C18H23NO2. The normalized spacial score (nSPS) is 17.1. The number of aryl methyl sites for hydroxylation is 2. The molecule has 1 N–H and O–H groups in total. The van der Waals surface area contributed by atoms with Gasteiger partial charge in [-0.25, -0.2) is 0 Å². The number of hydrogen-bond donors (Lipinski definition) is 1. The summed E-state index contributed by atoms with van der Waals surface area (Å²) in [5.41, 5.74) is 5.15. The van der Waals surface area contributed by atoms with Crippen LogP contribution in [0.25, 0.3) is 11.0 Å². The van der Waals surface area contributed by atoms with Crippen molar-refractivity contribution in [3.63, 3.8) is 0 Å². The summed E-state index contributed by atoms with van der Waals surface area (Å²) in [5, 5.41) is 4.37. The molecule has 0 fully saturated rings. The average molecular weight is 285 g/mol. The molecule has 1 aliphatic rings. The Bertz CT molecular complexity index is 657. The fourth-order valence-electron chi connectivity index (χ4n) is 3.43. The number of furan rings is 1. The Morgan fingerprint density at radius 2 is 2.24 bits per heavy atom. The van der Waals surface area contributed by atoms with Gasteiger partial charge in [0.05, 0.1) is 6.26 Å². The number of hydrogen-bond acceptors (Lipinski definition) is 2. The zero-order valence-corrected chi connectivity index (χ0v) is 12.9. The third-order valence-corrected chi connectivity index (χ3v) is 4.56. The Labute approximate surface area is 125 Å². The number of rotatable bonds is 5. The van der Waals surface area contributed by atoms with Gasteiger partial charge in [-0.3, -0.25) is 4.79 Å². The summed E-state index contributed by atoms with van der Waals surface area (Å²) in [4.78, 5) is 11.7. The highest BCUT2D eigenvalue weighted by atomic mass is 16.3. The van der Waals surface area contributed by atoms with Gasteiger partial charge in [0.2, 0.25) is 5.91 Å². The van der Waals surface area contributed by atoms with E-state index in [4.69, 9.17) is 4.42 Å². The molecule has 0 saturated carbocycles. The van der Waals surface area contributed by atoms with Gasteiger partial charge in [-0.2, -0.15) is 0 Å². The van der Waals surface area contributed by atoms with Crippen LogP contribution in [-0.4, -0.2) is 12.5 Å². The van der Waals surface area contributed by atoms with E-state index in [1.54, 1.807) is 0 Å².